The molecule has 1 aliphatic heterocycles. The average Bonchev–Trinajstić information content (AvgIpc) is 2.98. The van der Waals surface area contributed by atoms with E-state index >= 15 is 0 Å². The maximum atomic E-state index is 13.4. The van der Waals surface area contributed by atoms with E-state index in [0.717, 1.165) is 22.2 Å². The predicted octanol–water partition coefficient (Wildman–Crippen LogP) is 3.85. The Labute approximate surface area is 202 Å². The van der Waals surface area contributed by atoms with Gasteiger partial charge in [-0.25, -0.2) is 4.98 Å². The van der Waals surface area contributed by atoms with Crippen molar-refractivity contribution in [3.63, 3.8) is 0 Å². The summed E-state index contributed by atoms with van der Waals surface area (Å²) >= 11 is 0. The smallest absolute Gasteiger partial charge is 0.270 e. The van der Waals surface area contributed by atoms with Gasteiger partial charge in [-0.3, -0.25) is 14.4 Å². The van der Waals surface area contributed by atoms with E-state index in [4.69, 9.17) is 0 Å². The number of fused-ring (bicyclic) bond motifs is 4. The molecule has 174 valence electrons. The second-order valence-corrected chi connectivity index (χ2v) is 8.53. The fraction of sp³-hybridized carbons (Fsp3) is 0.143. The van der Waals surface area contributed by atoms with E-state index < -0.39 is 23.9 Å². The van der Waals surface area contributed by atoms with Crippen molar-refractivity contribution in [1.29, 1.82) is 0 Å². The minimum absolute atomic E-state index is 0.217. The highest BCUT2D eigenvalue weighted by molar-refractivity contribution is 6.06. The maximum Gasteiger partial charge on any atom is 0.270 e. The molecule has 0 fully saturated rings. The lowest BCUT2D eigenvalue weighted by atomic mass is 9.95. The summed E-state index contributed by atoms with van der Waals surface area (Å²) in [4.78, 5) is 45.3. The average molecular weight is 465 g/mol. The Bertz CT molecular complexity index is 1470. The van der Waals surface area contributed by atoms with E-state index in [-0.39, 0.29) is 11.6 Å². The predicted molar refractivity (Wildman–Crippen MR) is 135 cm³/mol. The molecule has 2 N–H and O–H groups in total. The number of benzene rings is 3. The number of amides is 3. The number of anilines is 1. The van der Waals surface area contributed by atoms with Crippen LogP contribution in [0.5, 0.6) is 0 Å². The number of carbonyl (C=O) groups excluding carboxylic acids is 3. The molecule has 0 saturated heterocycles. The lowest BCUT2D eigenvalue weighted by Crippen LogP contribution is -2.49. The number of nitrogens with one attached hydrogen (secondary N) is 2. The lowest BCUT2D eigenvalue weighted by Gasteiger charge is -2.24. The zero-order valence-electron chi connectivity index (χ0n) is 19.4. The maximum absolute atomic E-state index is 13.4. The van der Waals surface area contributed by atoms with Crippen LogP contribution in [-0.2, 0) is 9.59 Å². The Morgan fingerprint density at radius 2 is 1.57 bits per heavy atom. The van der Waals surface area contributed by atoms with Crippen molar-refractivity contribution < 1.29 is 14.4 Å². The molecule has 2 atom stereocenters. The normalized spacial score (nSPS) is 15.5. The first kappa shape index (κ1) is 22.3. The molecule has 7 heteroatoms. The molecule has 2 heterocycles. The number of pyridine rings is 1. The number of hydrogen-bond donors (Lipinski definition) is 2. The van der Waals surface area contributed by atoms with Crippen molar-refractivity contribution in [2.24, 2.45) is 0 Å². The second kappa shape index (κ2) is 9.02. The van der Waals surface area contributed by atoms with Crippen LogP contribution in [0.2, 0.25) is 0 Å². The van der Waals surface area contributed by atoms with E-state index in [1.165, 1.54) is 0 Å². The quantitative estimate of drug-likeness (QED) is 0.480. The van der Waals surface area contributed by atoms with Crippen LogP contribution in [0.4, 0.5) is 5.69 Å². The fourth-order valence-electron chi connectivity index (χ4n) is 4.37. The van der Waals surface area contributed by atoms with E-state index in [2.05, 4.69) is 15.6 Å². The van der Waals surface area contributed by atoms with Gasteiger partial charge < -0.3 is 15.5 Å². The zero-order valence-corrected chi connectivity index (χ0v) is 19.4. The number of nitrogens with zero attached hydrogens (tertiary/aromatic N) is 2. The van der Waals surface area contributed by atoms with Gasteiger partial charge in [0.2, 0.25) is 5.91 Å². The first-order valence-electron chi connectivity index (χ1n) is 11.4. The molecule has 0 radical (unpaired) electrons. The highest BCUT2D eigenvalue weighted by Crippen LogP contribution is 2.39. The molecule has 1 aromatic heterocycles. The van der Waals surface area contributed by atoms with Gasteiger partial charge in [0.15, 0.2) is 0 Å². The van der Waals surface area contributed by atoms with Gasteiger partial charge in [0, 0.05) is 18.0 Å². The number of likely N-dealkylation sites (N-methyl/N-ethyl adjacent to an activating group) is 1. The summed E-state index contributed by atoms with van der Waals surface area (Å²) in [7, 11) is 1.70. The number of para-hydroxylation sites is 2. The summed E-state index contributed by atoms with van der Waals surface area (Å²) in [6.07, 6.45) is 0. The van der Waals surface area contributed by atoms with Crippen molar-refractivity contribution in [2.45, 2.75) is 19.0 Å². The number of hydrogen-bond acceptors (Lipinski definition) is 4. The lowest BCUT2D eigenvalue weighted by molar-refractivity contribution is -0.128. The van der Waals surface area contributed by atoms with Gasteiger partial charge in [0.05, 0.1) is 11.2 Å². The van der Waals surface area contributed by atoms with Gasteiger partial charge in [-0.05, 0) is 36.2 Å². The molecule has 0 bridgehead atoms. The molecule has 0 unspecified atom stereocenters. The third kappa shape index (κ3) is 4.12. The SMILES string of the molecule is C[C@H](NC(=O)c1ccc2ccccc2n1)C(=O)N[C@H]1C(=O)N(C)c2ccccc2-c2ccccc21. The van der Waals surface area contributed by atoms with Gasteiger partial charge in [-0.2, -0.15) is 0 Å². The molecule has 3 amide bonds. The van der Waals surface area contributed by atoms with E-state index in [0.29, 0.717) is 11.1 Å². The molecule has 3 aromatic carbocycles. The fourth-order valence-corrected chi connectivity index (χ4v) is 4.37. The van der Waals surface area contributed by atoms with Crippen LogP contribution >= 0.6 is 0 Å². The monoisotopic (exact) mass is 464 g/mol. The van der Waals surface area contributed by atoms with Crippen molar-refractivity contribution in [3.8, 4) is 11.1 Å². The molecule has 1 aliphatic rings. The Balaban J connectivity index is 1.37. The zero-order chi connectivity index (χ0) is 24.5. The van der Waals surface area contributed by atoms with Crippen LogP contribution in [0.3, 0.4) is 0 Å². The van der Waals surface area contributed by atoms with E-state index in [9.17, 15) is 14.4 Å². The minimum atomic E-state index is -0.894. The Morgan fingerprint density at radius 3 is 2.40 bits per heavy atom. The summed E-state index contributed by atoms with van der Waals surface area (Å²) in [5, 5.41) is 6.47. The summed E-state index contributed by atoms with van der Waals surface area (Å²) in [6, 6.07) is 24.3. The first-order chi connectivity index (χ1) is 16.9. The van der Waals surface area contributed by atoms with Crippen LogP contribution in [-0.4, -0.2) is 35.8 Å². The van der Waals surface area contributed by atoms with Gasteiger partial charge in [0.25, 0.3) is 11.8 Å². The highest BCUT2D eigenvalue weighted by Gasteiger charge is 2.34. The Kier molecular flexibility index (Phi) is 5.74. The molecular weight excluding hydrogens is 440 g/mol. The van der Waals surface area contributed by atoms with Crippen molar-refractivity contribution in [2.75, 3.05) is 11.9 Å². The molecule has 7 nitrogen and oxygen atoms in total. The van der Waals surface area contributed by atoms with Crippen molar-refractivity contribution >= 4 is 34.3 Å². The summed E-state index contributed by atoms with van der Waals surface area (Å²) in [5.74, 6) is -1.19. The van der Waals surface area contributed by atoms with E-state index in [1.54, 1.807) is 24.9 Å². The molecule has 0 spiro atoms. The molecular formula is C28H24N4O3. The number of carbonyl (C=O) groups is 3. The van der Waals surface area contributed by atoms with Crippen molar-refractivity contribution in [3.05, 3.63) is 96.2 Å². The summed E-state index contributed by atoms with van der Waals surface area (Å²) in [6.45, 7) is 1.58. The molecule has 5 rings (SSSR count). The summed E-state index contributed by atoms with van der Waals surface area (Å²) in [5.41, 5.74) is 4.18. The van der Waals surface area contributed by atoms with Crippen LogP contribution in [0.25, 0.3) is 22.0 Å². The second-order valence-electron chi connectivity index (χ2n) is 8.53. The number of aromatic nitrogens is 1. The van der Waals surface area contributed by atoms with Gasteiger partial charge >= 0.3 is 0 Å². The topological polar surface area (TPSA) is 91.4 Å². The first-order valence-corrected chi connectivity index (χ1v) is 11.4. The van der Waals surface area contributed by atoms with Gasteiger partial charge in [-0.15, -0.1) is 0 Å². The van der Waals surface area contributed by atoms with Crippen molar-refractivity contribution in [1.82, 2.24) is 15.6 Å². The Morgan fingerprint density at radius 1 is 0.886 bits per heavy atom. The van der Waals surface area contributed by atoms with Crippen LogP contribution in [0.15, 0.2) is 84.9 Å². The highest BCUT2D eigenvalue weighted by atomic mass is 16.2. The van der Waals surface area contributed by atoms with Gasteiger partial charge in [-0.1, -0.05) is 66.7 Å². The number of rotatable bonds is 4. The van der Waals surface area contributed by atoms with Crippen LogP contribution < -0.4 is 15.5 Å². The van der Waals surface area contributed by atoms with Crippen LogP contribution in [0, 0.1) is 0 Å². The largest absolute Gasteiger partial charge is 0.339 e. The molecule has 0 aliphatic carbocycles. The van der Waals surface area contributed by atoms with E-state index in [1.807, 2.05) is 78.9 Å². The summed E-state index contributed by atoms with van der Waals surface area (Å²) < 4.78 is 0. The Hall–Kier alpha value is -4.52. The molecule has 0 saturated carbocycles. The standard InChI is InChI=1S/C28H24N4O3/c1-17(29-27(34)23-16-15-18-9-3-7-13-22(18)30-23)26(33)31-25-21-12-5-4-10-19(21)20-11-6-8-14-24(20)32(2)28(25)35/h3-17,25H,1-2H3,(H,29,34)(H,31,33)/t17-,25+/m0/s1. The molecule has 4 aromatic rings. The molecule has 35 heavy (non-hydrogen) atoms. The minimum Gasteiger partial charge on any atom is -0.339 e. The third-order valence-corrected chi connectivity index (χ3v) is 6.26. The third-order valence-electron chi connectivity index (χ3n) is 6.26. The van der Waals surface area contributed by atoms with Crippen LogP contribution in [0.1, 0.15) is 29.0 Å². The van der Waals surface area contributed by atoms with Gasteiger partial charge in [0.1, 0.15) is 17.8 Å².